The zero-order valence-electron chi connectivity index (χ0n) is 12.5. The summed E-state index contributed by atoms with van der Waals surface area (Å²) in [5.74, 6) is 0.603. The minimum absolute atomic E-state index is 0.603. The second-order valence-corrected chi connectivity index (χ2v) is 4.63. The zero-order chi connectivity index (χ0) is 13.6. The van der Waals surface area contributed by atoms with Gasteiger partial charge in [-0.1, -0.05) is 40.0 Å². The van der Waals surface area contributed by atoms with Crippen LogP contribution in [0.15, 0.2) is 4.99 Å². The Morgan fingerprint density at radius 1 is 1.06 bits per heavy atom. The highest BCUT2D eigenvalue weighted by atomic mass is 15.1. The molecule has 0 heterocycles. The molecule has 0 atom stereocenters. The molecule has 0 aromatic rings. The van der Waals surface area contributed by atoms with Crippen LogP contribution in [0.4, 0.5) is 0 Å². The van der Waals surface area contributed by atoms with Crippen LogP contribution in [0.3, 0.4) is 0 Å². The molecule has 0 spiro atoms. The predicted molar refractivity (Wildman–Crippen MR) is 81.0 cm³/mol. The van der Waals surface area contributed by atoms with Gasteiger partial charge < -0.3 is 16.0 Å². The van der Waals surface area contributed by atoms with Gasteiger partial charge in [-0.15, -0.1) is 0 Å². The van der Waals surface area contributed by atoms with Crippen molar-refractivity contribution in [2.75, 3.05) is 32.7 Å². The predicted octanol–water partition coefficient (Wildman–Crippen LogP) is 2.20. The molecular weight excluding hydrogens is 224 g/mol. The quantitative estimate of drug-likeness (QED) is 0.338. The number of hydrogen-bond acceptors (Lipinski definition) is 2. The van der Waals surface area contributed by atoms with Gasteiger partial charge in [0.2, 0.25) is 0 Å². The summed E-state index contributed by atoms with van der Waals surface area (Å²) >= 11 is 0. The summed E-state index contributed by atoms with van der Waals surface area (Å²) < 4.78 is 0. The topological polar surface area (TPSA) is 53.6 Å². The lowest BCUT2D eigenvalue weighted by molar-refractivity contribution is 0.302. The van der Waals surface area contributed by atoms with Crippen LogP contribution >= 0.6 is 0 Å². The smallest absolute Gasteiger partial charge is 0.188 e. The van der Waals surface area contributed by atoms with Crippen molar-refractivity contribution >= 4 is 5.96 Å². The monoisotopic (exact) mass is 256 g/mol. The Labute approximate surface area is 113 Å². The van der Waals surface area contributed by atoms with Crippen molar-refractivity contribution in [2.24, 2.45) is 10.7 Å². The minimum atomic E-state index is 0.603. The number of nitrogens with zero attached hydrogens (tertiary/aromatic N) is 2. The Bertz CT molecular complexity index is 200. The van der Waals surface area contributed by atoms with Gasteiger partial charge in [0.05, 0.1) is 0 Å². The van der Waals surface area contributed by atoms with Crippen LogP contribution in [0.2, 0.25) is 0 Å². The molecule has 0 saturated carbocycles. The summed E-state index contributed by atoms with van der Waals surface area (Å²) in [6.45, 7) is 11.7. The van der Waals surface area contributed by atoms with Gasteiger partial charge in [-0.25, -0.2) is 0 Å². The molecule has 18 heavy (non-hydrogen) atoms. The lowest BCUT2D eigenvalue weighted by Gasteiger charge is -2.16. The average molecular weight is 256 g/mol. The Morgan fingerprint density at radius 3 is 2.39 bits per heavy atom. The van der Waals surface area contributed by atoms with Gasteiger partial charge in [0.15, 0.2) is 5.96 Å². The van der Waals surface area contributed by atoms with Crippen molar-refractivity contribution in [2.45, 2.75) is 52.9 Å². The van der Waals surface area contributed by atoms with Crippen LogP contribution in [0.5, 0.6) is 0 Å². The summed E-state index contributed by atoms with van der Waals surface area (Å²) in [4.78, 5) is 6.75. The third-order valence-electron chi connectivity index (χ3n) is 3.15. The van der Waals surface area contributed by atoms with Crippen molar-refractivity contribution in [3.8, 4) is 0 Å². The van der Waals surface area contributed by atoms with Gasteiger partial charge in [0.1, 0.15) is 0 Å². The standard InChI is InChI=1S/C14H32N4/c1-4-7-8-9-11-16-14(15)17-12-10-13-18(5-2)6-3/h4-13H2,1-3H3,(H3,15,16,17). The normalized spacial score (nSPS) is 12.1. The molecule has 4 heteroatoms. The van der Waals surface area contributed by atoms with Crippen LogP contribution in [0.1, 0.15) is 52.9 Å². The highest BCUT2D eigenvalue weighted by Crippen LogP contribution is 1.96. The molecule has 0 fully saturated rings. The zero-order valence-corrected chi connectivity index (χ0v) is 12.5. The molecule has 108 valence electrons. The summed E-state index contributed by atoms with van der Waals surface area (Å²) in [6.07, 6.45) is 6.12. The Kier molecular flexibility index (Phi) is 12.1. The second kappa shape index (κ2) is 12.7. The van der Waals surface area contributed by atoms with Crippen molar-refractivity contribution in [1.29, 1.82) is 0 Å². The maximum absolute atomic E-state index is 5.80. The first-order valence-corrected chi connectivity index (χ1v) is 7.50. The van der Waals surface area contributed by atoms with E-state index in [1.807, 2.05) is 0 Å². The summed E-state index contributed by atoms with van der Waals surface area (Å²) in [5, 5.41) is 3.17. The van der Waals surface area contributed by atoms with E-state index in [0.29, 0.717) is 5.96 Å². The fraction of sp³-hybridized carbons (Fsp3) is 0.929. The third-order valence-corrected chi connectivity index (χ3v) is 3.15. The summed E-state index contributed by atoms with van der Waals surface area (Å²) in [6, 6.07) is 0. The van der Waals surface area contributed by atoms with Gasteiger partial charge in [-0.2, -0.15) is 0 Å². The van der Waals surface area contributed by atoms with Gasteiger partial charge in [-0.05, 0) is 32.5 Å². The molecule has 0 aromatic carbocycles. The van der Waals surface area contributed by atoms with E-state index in [1.54, 1.807) is 0 Å². The fourth-order valence-corrected chi connectivity index (χ4v) is 1.86. The number of unbranched alkanes of at least 4 members (excludes halogenated alkanes) is 3. The van der Waals surface area contributed by atoms with E-state index < -0.39 is 0 Å². The number of nitrogens with two attached hydrogens (primary N) is 1. The van der Waals surface area contributed by atoms with Gasteiger partial charge >= 0.3 is 0 Å². The highest BCUT2D eigenvalue weighted by Gasteiger charge is 1.97. The van der Waals surface area contributed by atoms with Crippen molar-refractivity contribution < 1.29 is 0 Å². The number of aliphatic imine (C=N–C) groups is 1. The van der Waals surface area contributed by atoms with Crippen LogP contribution in [0.25, 0.3) is 0 Å². The molecule has 0 radical (unpaired) electrons. The number of rotatable bonds is 11. The molecule has 4 nitrogen and oxygen atoms in total. The van der Waals surface area contributed by atoms with E-state index in [-0.39, 0.29) is 0 Å². The van der Waals surface area contributed by atoms with Crippen LogP contribution in [0, 0.1) is 0 Å². The van der Waals surface area contributed by atoms with Gasteiger partial charge in [-0.3, -0.25) is 4.99 Å². The van der Waals surface area contributed by atoms with E-state index in [1.165, 1.54) is 25.7 Å². The maximum atomic E-state index is 5.80. The third kappa shape index (κ3) is 10.4. The first-order chi connectivity index (χ1) is 8.74. The molecular formula is C14H32N4. The average Bonchev–Trinajstić information content (AvgIpc) is 2.39. The SMILES string of the molecule is CCCCCCNC(N)=NCCCN(CC)CC. The van der Waals surface area contributed by atoms with Gasteiger partial charge in [0.25, 0.3) is 0 Å². The van der Waals surface area contributed by atoms with E-state index >= 15 is 0 Å². The van der Waals surface area contributed by atoms with Crippen LogP contribution in [-0.2, 0) is 0 Å². The van der Waals surface area contributed by atoms with Crippen LogP contribution in [-0.4, -0.2) is 43.6 Å². The molecule has 0 aliphatic heterocycles. The summed E-state index contributed by atoms with van der Waals surface area (Å²) in [7, 11) is 0. The van der Waals surface area contributed by atoms with E-state index in [4.69, 9.17) is 5.73 Å². The Hall–Kier alpha value is -0.770. The molecule has 3 N–H and O–H groups in total. The fourth-order valence-electron chi connectivity index (χ4n) is 1.86. The second-order valence-electron chi connectivity index (χ2n) is 4.63. The first kappa shape index (κ1) is 17.2. The maximum Gasteiger partial charge on any atom is 0.188 e. The number of hydrogen-bond donors (Lipinski definition) is 2. The van der Waals surface area contributed by atoms with Crippen molar-refractivity contribution in [3.05, 3.63) is 0 Å². The molecule has 0 saturated heterocycles. The van der Waals surface area contributed by atoms with E-state index in [0.717, 1.165) is 39.1 Å². The molecule has 0 amide bonds. The first-order valence-electron chi connectivity index (χ1n) is 7.50. The van der Waals surface area contributed by atoms with Crippen LogP contribution < -0.4 is 11.1 Å². The molecule has 0 aliphatic rings. The molecule has 0 aliphatic carbocycles. The van der Waals surface area contributed by atoms with E-state index in [2.05, 4.69) is 36.0 Å². The van der Waals surface area contributed by atoms with E-state index in [9.17, 15) is 0 Å². The largest absolute Gasteiger partial charge is 0.370 e. The summed E-state index contributed by atoms with van der Waals surface area (Å²) in [5.41, 5.74) is 5.80. The highest BCUT2D eigenvalue weighted by molar-refractivity contribution is 5.77. The lowest BCUT2D eigenvalue weighted by atomic mass is 10.2. The van der Waals surface area contributed by atoms with Crippen molar-refractivity contribution in [3.63, 3.8) is 0 Å². The molecule has 0 rings (SSSR count). The Morgan fingerprint density at radius 2 is 1.78 bits per heavy atom. The number of guanidine groups is 1. The lowest BCUT2D eigenvalue weighted by Crippen LogP contribution is -2.32. The molecule has 0 unspecified atom stereocenters. The van der Waals surface area contributed by atoms with Crippen molar-refractivity contribution in [1.82, 2.24) is 10.2 Å². The minimum Gasteiger partial charge on any atom is -0.370 e. The molecule has 0 bridgehead atoms. The Balaban J connectivity index is 3.46. The molecule has 0 aromatic heterocycles. The number of nitrogens with one attached hydrogen (secondary N) is 1. The van der Waals surface area contributed by atoms with Gasteiger partial charge in [0, 0.05) is 13.1 Å².